The van der Waals surface area contributed by atoms with Gasteiger partial charge in [0.1, 0.15) is 11.5 Å². The first-order valence-electron chi connectivity index (χ1n) is 8.94. The van der Waals surface area contributed by atoms with Crippen LogP contribution in [-0.2, 0) is 6.42 Å². The van der Waals surface area contributed by atoms with Crippen molar-refractivity contribution in [2.45, 2.75) is 45.1 Å². The van der Waals surface area contributed by atoms with Gasteiger partial charge in [-0.15, -0.1) is 0 Å². The summed E-state index contributed by atoms with van der Waals surface area (Å²) in [6.07, 6.45) is 3.68. The Kier molecular flexibility index (Phi) is 6.29. The van der Waals surface area contributed by atoms with Crippen LogP contribution in [0.25, 0.3) is 0 Å². The molecule has 1 aliphatic heterocycles. The number of pyridine rings is 1. The lowest BCUT2D eigenvalue weighted by molar-refractivity contribution is -0.0933. The van der Waals surface area contributed by atoms with Crippen LogP contribution in [0.2, 0.25) is 5.02 Å². The number of halogens is 4. The lowest BCUT2D eigenvalue weighted by atomic mass is 9.85. The molecular formula is C19H20BrClF2N4O. The van der Waals surface area contributed by atoms with E-state index in [2.05, 4.69) is 30.9 Å². The summed E-state index contributed by atoms with van der Waals surface area (Å²) in [5.41, 5.74) is 0.798. The van der Waals surface area contributed by atoms with E-state index in [1.54, 1.807) is 26.0 Å². The Morgan fingerprint density at radius 3 is 2.71 bits per heavy atom. The maximum absolute atomic E-state index is 14.3. The number of carbonyl (C=O) groups is 1. The van der Waals surface area contributed by atoms with Gasteiger partial charge in [0.2, 0.25) is 0 Å². The summed E-state index contributed by atoms with van der Waals surface area (Å²) in [5, 5.41) is 0.432. The fourth-order valence-corrected chi connectivity index (χ4v) is 4.07. The number of nitrogens with zero attached hydrogens (tertiary/aromatic N) is 4. The van der Waals surface area contributed by atoms with E-state index in [1.807, 2.05) is 0 Å². The van der Waals surface area contributed by atoms with E-state index in [9.17, 15) is 13.6 Å². The average molecular weight is 474 g/mol. The number of aromatic nitrogens is 3. The van der Waals surface area contributed by atoms with Crippen LogP contribution in [0.3, 0.4) is 0 Å². The summed E-state index contributed by atoms with van der Waals surface area (Å²) >= 11 is 9.12. The van der Waals surface area contributed by atoms with Gasteiger partial charge in [-0.2, -0.15) is 0 Å². The van der Waals surface area contributed by atoms with Gasteiger partial charge in [0, 0.05) is 41.4 Å². The first kappa shape index (κ1) is 21.0. The second-order valence-corrected chi connectivity index (χ2v) is 8.47. The number of alkyl halides is 2. The van der Waals surface area contributed by atoms with Crippen molar-refractivity contribution in [3.8, 4) is 0 Å². The van der Waals surface area contributed by atoms with Crippen LogP contribution in [0.4, 0.5) is 8.78 Å². The zero-order valence-electron chi connectivity index (χ0n) is 15.5. The minimum atomic E-state index is -2.93. The topological polar surface area (TPSA) is 59.0 Å². The lowest BCUT2D eigenvalue weighted by Crippen LogP contribution is -2.55. The molecule has 5 nitrogen and oxygen atoms in total. The molecule has 0 unspecified atom stereocenters. The Morgan fingerprint density at radius 1 is 1.36 bits per heavy atom. The number of hydrogen-bond acceptors (Lipinski definition) is 4. The highest BCUT2D eigenvalue weighted by atomic mass is 79.9. The van der Waals surface area contributed by atoms with Gasteiger partial charge in [-0.1, -0.05) is 18.5 Å². The number of hydrogen-bond donors (Lipinski definition) is 0. The lowest BCUT2D eigenvalue weighted by Gasteiger charge is -2.43. The van der Waals surface area contributed by atoms with Crippen molar-refractivity contribution in [2.24, 2.45) is 5.92 Å². The van der Waals surface area contributed by atoms with Crippen molar-refractivity contribution < 1.29 is 13.6 Å². The number of piperidine rings is 1. The second kappa shape index (κ2) is 8.37. The van der Waals surface area contributed by atoms with Crippen molar-refractivity contribution in [1.82, 2.24) is 19.9 Å². The monoisotopic (exact) mass is 472 g/mol. The minimum Gasteiger partial charge on any atom is -0.328 e. The molecule has 0 N–H and O–H groups in total. The highest BCUT2D eigenvalue weighted by Gasteiger charge is 2.46. The second-order valence-electron chi connectivity index (χ2n) is 7.18. The summed E-state index contributed by atoms with van der Waals surface area (Å²) in [6.45, 7) is 2.88. The van der Waals surface area contributed by atoms with Gasteiger partial charge in [0.25, 0.3) is 11.8 Å². The summed E-state index contributed by atoms with van der Waals surface area (Å²) in [6, 6.07) is 3.10. The van der Waals surface area contributed by atoms with Crippen LogP contribution in [0, 0.1) is 12.8 Å². The van der Waals surface area contributed by atoms with Crippen molar-refractivity contribution in [2.75, 3.05) is 6.54 Å². The van der Waals surface area contributed by atoms with Crippen LogP contribution in [0.5, 0.6) is 0 Å². The van der Waals surface area contributed by atoms with Crippen molar-refractivity contribution in [1.29, 1.82) is 0 Å². The van der Waals surface area contributed by atoms with Crippen molar-refractivity contribution >= 4 is 33.4 Å². The zero-order valence-corrected chi connectivity index (χ0v) is 17.8. The Morgan fingerprint density at radius 2 is 2.04 bits per heavy atom. The smallest absolute Gasteiger partial charge is 0.274 e. The largest absolute Gasteiger partial charge is 0.328 e. The standard InChI is InChI=1S/C19H20BrClF2N4O/c1-11-7-19(22,23)10-27(18(28)17-14(20)4-3-12(2)26-17)15(11)5-6-16-24-8-13(21)9-25-16/h3-4,8-9,11,15H,5-7,10H2,1-2H3/t11-,15-/m1/s1. The van der Waals surface area contributed by atoms with Crippen LogP contribution < -0.4 is 0 Å². The molecule has 28 heavy (non-hydrogen) atoms. The third kappa shape index (κ3) is 4.84. The Labute approximate surface area is 175 Å². The van der Waals surface area contributed by atoms with E-state index in [4.69, 9.17) is 11.6 Å². The maximum Gasteiger partial charge on any atom is 0.274 e. The SMILES string of the molecule is Cc1ccc(Br)c(C(=O)N2CC(F)(F)C[C@@H](C)[C@H]2CCc2ncc(Cl)cn2)n1. The van der Waals surface area contributed by atoms with Gasteiger partial charge in [0.15, 0.2) is 0 Å². The van der Waals surface area contributed by atoms with E-state index in [0.29, 0.717) is 33.9 Å². The number of rotatable bonds is 4. The molecule has 0 spiro atoms. The molecule has 2 atom stereocenters. The number of amides is 1. The Balaban J connectivity index is 1.85. The summed E-state index contributed by atoms with van der Waals surface area (Å²) in [4.78, 5) is 27.0. The van der Waals surface area contributed by atoms with E-state index in [0.717, 1.165) is 0 Å². The van der Waals surface area contributed by atoms with Crippen LogP contribution in [0.15, 0.2) is 29.0 Å². The molecule has 0 aliphatic carbocycles. The van der Waals surface area contributed by atoms with Gasteiger partial charge in [0.05, 0.1) is 11.6 Å². The van der Waals surface area contributed by atoms with Gasteiger partial charge in [-0.05, 0) is 47.3 Å². The zero-order chi connectivity index (χ0) is 20.5. The van der Waals surface area contributed by atoms with Gasteiger partial charge < -0.3 is 4.90 Å². The van der Waals surface area contributed by atoms with Crippen molar-refractivity contribution in [3.63, 3.8) is 0 Å². The molecule has 1 aliphatic rings. The molecule has 9 heteroatoms. The first-order valence-corrected chi connectivity index (χ1v) is 10.1. The molecular weight excluding hydrogens is 454 g/mol. The molecule has 1 amide bonds. The highest BCUT2D eigenvalue weighted by Crippen LogP contribution is 2.37. The van der Waals surface area contributed by atoms with Gasteiger partial charge in [-0.3, -0.25) is 4.79 Å². The number of aryl methyl sites for hydroxylation is 2. The fraction of sp³-hybridized carbons (Fsp3) is 0.474. The quantitative estimate of drug-likeness (QED) is 0.645. The third-order valence-corrected chi connectivity index (χ3v) is 5.70. The molecule has 150 valence electrons. The van der Waals surface area contributed by atoms with Crippen molar-refractivity contribution in [3.05, 3.63) is 51.2 Å². The number of likely N-dealkylation sites (tertiary alicyclic amines) is 1. The molecule has 1 saturated heterocycles. The van der Waals surface area contributed by atoms with Gasteiger partial charge in [-0.25, -0.2) is 23.7 Å². The van der Waals surface area contributed by atoms with Gasteiger partial charge >= 0.3 is 0 Å². The summed E-state index contributed by atoms with van der Waals surface area (Å²) in [5.74, 6) is -3.23. The van der Waals surface area contributed by atoms with Crippen LogP contribution in [0.1, 0.15) is 41.8 Å². The number of carbonyl (C=O) groups excluding carboxylic acids is 1. The summed E-state index contributed by atoms with van der Waals surface area (Å²) < 4.78 is 29.0. The Hall–Kier alpha value is -1.67. The predicted molar refractivity (Wildman–Crippen MR) is 106 cm³/mol. The highest BCUT2D eigenvalue weighted by molar-refractivity contribution is 9.10. The van der Waals surface area contributed by atoms with Crippen LogP contribution in [-0.4, -0.2) is 44.3 Å². The molecule has 0 bridgehead atoms. The normalized spacial score (nSPS) is 21.6. The van der Waals surface area contributed by atoms with Crippen LogP contribution >= 0.6 is 27.5 Å². The predicted octanol–water partition coefficient (Wildman–Crippen LogP) is 4.71. The molecule has 0 aromatic carbocycles. The molecule has 3 rings (SSSR count). The molecule has 3 heterocycles. The fourth-order valence-electron chi connectivity index (χ4n) is 3.58. The minimum absolute atomic E-state index is 0.151. The van der Waals surface area contributed by atoms with E-state index in [-0.39, 0.29) is 24.1 Å². The van der Waals surface area contributed by atoms with E-state index >= 15 is 0 Å². The first-order chi connectivity index (χ1) is 13.2. The molecule has 1 fully saturated rings. The molecule has 0 radical (unpaired) electrons. The summed E-state index contributed by atoms with van der Waals surface area (Å²) in [7, 11) is 0. The maximum atomic E-state index is 14.3. The Bertz CT molecular complexity index is 866. The molecule has 2 aromatic heterocycles. The van der Waals surface area contributed by atoms with E-state index < -0.39 is 18.4 Å². The molecule has 2 aromatic rings. The van der Waals surface area contributed by atoms with E-state index in [1.165, 1.54) is 17.3 Å². The average Bonchev–Trinajstić information content (AvgIpc) is 2.62. The molecule has 0 saturated carbocycles. The third-order valence-electron chi connectivity index (χ3n) is 4.87.